The van der Waals surface area contributed by atoms with E-state index >= 15 is 0 Å². The summed E-state index contributed by atoms with van der Waals surface area (Å²) in [4.78, 5) is 1.40. The van der Waals surface area contributed by atoms with E-state index in [0.29, 0.717) is 0 Å². The Bertz CT molecular complexity index is 503. The quantitative estimate of drug-likeness (QED) is 0.813. The van der Waals surface area contributed by atoms with Crippen LogP contribution in [0.2, 0.25) is 0 Å². The molecule has 0 spiro atoms. The number of nitrogens with one attached hydrogen (secondary N) is 1. The summed E-state index contributed by atoms with van der Waals surface area (Å²) < 4.78 is 0. The lowest BCUT2D eigenvalue weighted by atomic mass is 10.1. The second kappa shape index (κ2) is 5.34. The highest BCUT2D eigenvalue weighted by Crippen LogP contribution is 2.16. The van der Waals surface area contributed by atoms with Crippen LogP contribution >= 0.6 is 11.3 Å². The number of hydrogen-bond donors (Lipinski definition) is 2. The van der Waals surface area contributed by atoms with Gasteiger partial charge in [0.05, 0.1) is 0 Å². The molecule has 2 rings (SSSR count). The van der Waals surface area contributed by atoms with Gasteiger partial charge >= 0.3 is 0 Å². The zero-order valence-corrected chi connectivity index (χ0v) is 11.1. The van der Waals surface area contributed by atoms with E-state index < -0.39 is 0 Å². The largest absolute Gasteiger partial charge is 0.398 e. The molecule has 0 amide bonds. The van der Waals surface area contributed by atoms with Gasteiger partial charge in [-0.05, 0) is 42.5 Å². The number of thiophene rings is 1. The van der Waals surface area contributed by atoms with E-state index in [-0.39, 0.29) is 0 Å². The number of aryl methyl sites for hydroxylation is 2. The molecule has 0 aliphatic rings. The highest BCUT2D eigenvalue weighted by Gasteiger charge is 2.01. The predicted octanol–water partition coefficient (Wildman–Crippen LogP) is 3.24. The van der Waals surface area contributed by atoms with Crippen molar-refractivity contribution in [1.29, 1.82) is 0 Å². The van der Waals surface area contributed by atoms with Gasteiger partial charge in [0, 0.05) is 23.7 Å². The Morgan fingerprint density at radius 1 is 1.18 bits per heavy atom. The van der Waals surface area contributed by atoms with E-state index in [2.05, 4.69) is 36.7 Å². The van der Waals surface area contributed by atoms with Crippen molar-refractivity contribution >= 4 is 17.0 Å². The molecule has 0 saturated heterocycles. The van der Waals surface area contributed by atoms with Crippen LogP contribution in [-0.2, 0) is 13.1 Å². The minimum absolute atomic E-state index is 0.824. The van der Waals surface area contributed by atoms with Gasteiger partial charge in [-0.15, -0.1) is 11.3 Å². The van der Waals surface area contributed by atoms with E-state index in [0.717, 1.165) is 18.8 Å². The van der Waals surface area contributed by atoms with Crippen LogP contribution in [-0.4, -0.2) is 0 Å². The molecule has 3 N–H and O–H groups in total. The Morgan fingerprint density at radius 2 is 2.00 bits per heavy atom. The molecule has 1 heterocycles. The SMILES string of the molecule is Cc1ccc(N)c(CNCc2sccc2C)c1. The first kappa shape index (κ1) is 12.1. The first-order chi connectivity index (χ1) is 8.16. The third kappa shape index (κ3) is 3.08. The number of hydrogen-bond acceptors (Lipinski definition) is 3. The molecule has 2 nitrogen and oxygen atoms in total. The first-order valence-corrected chi connectivity index (χ1v) is 6.63. The fraction of sp³-hybridized carbons (Fsp3) is 0.286. The zero-order valence-electron chi connectivity index (χ0n) is 10.3. The van der Waals surface area contributed by atoms with Crippen molar-refractivity contribution in [2.45, 2.75) is 26.9 Å². The average Bonchev–Trinajstić information content (AvgIpc) is 2.70. The molecule has 0 aliphatic carbocycles. The fourth-order valence-corrected chi connectivity index (χ4v) is 2.66. The van der Waals surface area contributed by atoms with Crippen LogP contribution in [0.1, 0.15) is 21.6 Å². The maximum Gasteiger partial charge on any atom is 0.0359 e. The van der Waals surface area contributed by atoms with Crippen molar-refractivity contribution in [1.82, 2.24) is 5.32 Å². The summed E-state index contributed by atoms with van der Waals surface area (Å²) in [5.41, 5.74) is 10.6. The Hall–Kier alpha value is -1.32. The van der Waals surface area contributed by atoms with Crippen LogP contribution in [0.25, 0.3) is 0 Å². The Morgan fingerprint density at radius 3 is 2.71 bits per heavy atom. The Kier molecular flexibility index (Phi) is 3.82. The molecule has 1 aromatic carbocycles. The van der Waals surface area contributed by atoms with Crippen LogP contribution < -0.4 is 11.1 Å². The molecule has 2 aromatic rings. The number of anilines is 1. The summed E-state index contributed by atoms with van der Waals surface area (Å²) in [5.74, 6) is 0. The van der Waals surface area contributed by atoms with Crippen LogP contribution in [0.5, 0.6) is 0 Å². The molecule has 3 heteroatoms. The minimum atomic E-state index is 0.824. The second-order valence-corrected chi connectivity index (χ2v) is 5.33. The lowest BCUT2D eigenvalue weighted by Gasteiger charge is -2.08. The van der Waals surface area contributed by atoms with Gasteiger partial charge in [0.1, 0.15) is 0 Å². The number of benzene rings is 1. The summed E-state index contributed by atoms with van der Waals surface area (Å²) in [6.07, 6.45) is 0. The molecular formula is C14H18N2S. The second-order valence-electron chi connectivity index (χ2n) is 4.33. The standard InChI is InChI=1S/C14H18N2S/c1-10-3-4-13(15)12(7-10)8-16-9-14-11(2)5-6-17-14/h3-7,16H,8-9,15H2,1-2H3. The van der Waals surface area contributed by atoms with Gasteiger partial charge in [-0.3, -0.25) is 0 Å². The molecule has 0 bridgehead atoms. The van der Waals surface area contributed by atoms with Gasteiger partial charge < -0.3 is 11.1 Å². The molecule has 0 saturated carbocycles. The zero-order chi connectivity index (χ0) is 12.3. The predicted molar refractivity (Wildman–Crippen MR) is 75.2 cm³/mol. The van der Waals surface area contributed by atoms with Crippen molar-refractivity contribution in [3.63, 3.8) is 0 Å². The summed E-state index contributed by atoms with van der Waals surface area (Å²) in [6.45, 7) is 5.97. The van der Waals surface area contributed by atoms with Crippen molar-refractivity contribution in [3.8, 4) is 0 Å². The van der Waals surface area contributed by atoms with Gasteiger partial charge in [-0.25, -0.2) is 0 Å². The van der Waals surface area contributed by atoms with Crippen LogP contribution in [0.3, 0.4) is 0 Å². The van der Waals surface area contributed by atoms with E-state index in [1.807, 2.05) is 12.1 Å². The monoisotopic (exact) mass is 246 g/mol. The smallest absolute Gasteiger partial charge is 0.0359 e. The maximum absolute atomic E-state index is 5.94. The van der Waals surface area contributed by atoms with E-state index in [1.54, 1.807) is 11.3 Å². The van der Waals surface area contributed by atoms with Crippen molar-refractivity contribution in [2.75, 3.05) is 5.73 Å². The third-order valence-electron chi connectivity index (χ3n) is 2.87. The Labute approximate surface area is 106 Å². The van der Waals surface area contributed by atoms with Crippen molar-refractivity contribution in [3.05, 3.63) is 51.2 Å². The topological polar surface area (TPSA) is 38.0 Å². The summed E-state index contributed by atoms with van der Waals surface area (Å²) >= 11 is 1.80. The molecule has 0 radical (unpaired) electrons. The number of rotatable bonds is 4. The summed E-state index contributed by atoms with van der Waals surface area (Å²) in [5, 5.41) is 5.58. The molecule has 1 aromatic heterocycles. The van der Waals surface area contributed by atoms with Gasteiger partial charge in [-0.1, -0.05) is 17.7 Å². The third-order valence-corrected chi connectivity index (χ3v) is 3.89. The first-order valence-electron chi connectivity index (χ1n) is 5.75. The van der Waals surface area contributed by atoms with Crippen molar-refractivity contribution < 1.29 is 0 Å². The molecule has 0 fully saturated rings. The van der Waals surface area contributed by atoms with Crippen LogP contribution in [0.4, 0.5) is 5.69 Å². The number of nitrogens with two attached hydrogens (primary N) is 1. The molecule has 90 valence electrons. The summed E-state index contributed by atoms with van der Waals surface area (Å²) in [7, 11) is 0. The minimum Gasteiger partial charge on any atom is -0.398 e. The van der Waals surface area contributed by atoms with Gasteiger partial charge in [-0.2, -0.15) is 0 Å². The maximum atomic E-state index is 5.94. The molecule has 0 unspecified atom stereocenters. The molecular weight excluding hydrogens is 228 g/mol. The normalized spacial score (nSPS) is 10.7. The number of nitrogen functional groups attached to an aromatic ring is 1. The lowest BCUT2D eigenvalue weighted by Crippen LogP contribution is -2.13. The summed E-state index contributed by atoms with van der Waals surface area (Å²) in [6, 6.07) is 8.32. The molecule has 17 heavy (non-hydrogen) atoms. The van der Waals surface area contributed by atoms with Gasteiger partial charge in [0.2, 0.25) is 0 Å². The van der Waals surface area contributed by atoms with E-state index in [4.69, 9.17) is 5.73 Å². The molecule has 0 aliphatic heterocycles. The fourth-order valence-electron chi connectivity index (χ4n) is 1.78. The lowest BCUT2D eigenvalue weighted by molar-refractivity contribution is 0.699. The van der Waals surface area contributed by atoms with Gasteiger partial charge in [0.25, 0.3) is 0 Å². The van der Waals surface area contributed by atoms with Gasteiger partial charge in [0.15, 0.2) is 0 Å². The van der Waals surface area contributed by atoms with Crippen LogP contribution in [0, 0.1) is 13.8 Å². The van der Waals surface area contributed by atoms with E-state index in [1.165, 1.54) is 21.6 Å². The Balaban J connectivity index is 1.94. The highest BCUT2D eigenvalue weighted by atomic mass is 32.1. The molecule has 0 atom stereocenters. The van der Waals surface area contributed by atoms with E-state index in [9.17, 15) is 0 Å². The highest BCUT2D eigenvalue weighted by molar-refractivity contribution is 7.10. The van der Waals surface area contributed by atoms with Crippen molar-refractivity contribution in [2.24, 2.45) is 0 Å². The average molecular weight is 246 g/mol. The van der Waals surface area contributed by atoms with Crippen LogP contribution in [0.15, 0.2) is 29.6 Å².